The van der Waals surface area contributed by atoms with E-state index in [0.717, 1.165) is 17.2 Å². The summed E-state index contributed by atoms with van der Waals surface area (Å²) in [6, 6.07) is 7.50. The lowest BCUT2D eigenvalue weighted by molar-refractivity contribution is -0.274. The van der Waals surface area contributed by atoms with Gasteiger partial charge in [0.1, 0.15) is 28.7 Å². The molecule has 4 nitrogen and oxygen atoms in total. The average molecular weight is 538 g/mol. The zero-order chi connectivity index (χ0) is 28.3. The van der Waals surface area contributed by atoms with Gasteiger partial charge in [-0.15, -0.1) is 13.2 Å². The molecule has 0 aliphatic rings. The number of hydrogen-bond donors (Lipinski definition) is 1. The van der Waals surface area contributed by atoms with Crippen molar-refractivity contribution < 1.29 is 36.2 Å². The molecule has 0 heterocycles. The lowest BCUT2D eigenvalue weighted by Crippen LogP contribution is -2.18. The molecule has 0 radical (unpaired) electrons. The fraction of sp³-hybridized carbons (Fsp3) is 0.345. The molecule has 0 aliphatic carbocycles. The molecule has 0 saturated heterocycles. The van der Waals surface area contributed by atoms with Crippen molar-refractivity contribution in [3.05, 3.63) is 95.1 Å². The van der Waals surface area contributed by atoms with Gasteiger partial charge in [-0.1, -0.05) is 36.4 Å². The number of alkyl halides is 3. The summed E-state index contributed by atoms with van der Waals surface area (Å²) in [5.41, 5.74) is 6.67. The number of ether oxygens (including phenoxy) is 2. The molecule has 0 bridgehead atoms. The quantitative estimate of drug-likeness (QED) is 0.152. The normalized spacial score (nSPS) is 12.6. The van der Waals surface area contributed by atoms with Gasteiger partial charge in [0.2, 0.25) is 0 Å². The van der Waals surface area contributed by atoms with E-state index in [1.165, 1.54) is 30.3 Å². The summed E-state index contributed by atoms with van der Waals surface area (Å²) in [7, 11) is 0. The van der Waals surface area contributed by atoms with Crippen LogP contribution in [0.5, 0.6) is 11.5 Å². The molecule has 2 N–H and O–H groups in total. The maximum atomic E-state index is 14.9. The van der Waals surface area contributed by atoms with E-state index in [1.54, 1.807) is 6.08 Å². The summed E-state index contributed by atoms with van der Waals surface area (Å²) >= 11 is 0. The smallest absolute Gasteiger partial charge is 0.494 e. The minimum absolute atomic E-state index is 0.0516. The molecule has 1 unspecified atom stereocenters. The van der Waals surface area contributed by atoms with Crippen molar-refractivity contribution in [2.75, 3.05) is 6.61 Å². The van der Waals surface area contributed by atoms with Crippen LogP contribution < -0.4 is 15.2 Å². The molecule has 2 aromatic carbocycles. The van der Waals surface area contributed by atoms with Crippen LogP contribution in [0.1, 0.15) is 55.5 Å². The van der Waals surface area contributed by atoms with E-state index in [0.29, 0.717) is 38.0 Å². The number of nitrogens with two attached hydrogens (primary N) is 1. The Morgan fingerprint density at radius 2 is 1.68 bits per heavy atom. The lowest BCUT2D eigenvalue weighted by atomic mass is 9.87. The Bertz CT molecular complexity index is 1150. The summed E-state index contributed by atoms with van der Waals surface area (Å²) in [6.07, 6.45) is 3.73. The van der Waals surface area contributed by atoms with Gasteiger partial charge in [0.05, 0.1) is 6.61 Å². The van der Waals surface area contributed by atoms with Crippen molar-refractivity contribution in [1.29, 1.82) is 0 Å². The van der Waals surface area contributed by atoms with E-state index in [-0.39, 0.29) is 23.7 Å². The first kappa shape index (κ1) is 30.6. The van der Waals surface area contributed by atoms with E-state index < -0.39 is 29.5 Å². The predicted molar refractivity (Wildman–Crippen MR) is 137 cm³/mol. The molecule has 206 valence electrons. The van der Waals surface area contributed by atoms with Gasteiger partial charge in [0.15, 0.2) is 0 Å². The van der Waals surface area contributed by atoms with Gasteiger partial charge in [0, 0.05) is 0 Å². The molecule has 9 heteroatoms. The SMILES string of the molecule is C=CC(=CC=C(C)C)CC(CCCCOc1ccc(OC(F)(F)F)cc1)Cc1ccc(F)c(C(N)=O)c1F. The van der Waals surface area contributed by atoms with Gasteiger partial charge in [-0.2, -0.15) is 0 Å². The Morgan fingerprint density at radius 3 is 2.26 bits per heavy atom. The van der Waals surface area contributed by atoms with E-state index in [4.69, 9.17) is 10.5 Å². The Hall–Kier alpha value is -3.62. The largest absolute Gasteiger partial charge is 0.573 e. The Balaban J connectivity index is 2.04. The summed E-state index contributed by atoms with van der Waals surface area (Å²) in [5, 5.41) is 0. The summed E-state index contributed by atoms with van der Waals surface area (Å²) in [5.74, 6) is -3.09. The number of benzene rings is 2. The molecule has 2 aromatic rings. The Labute approximate surface area is 219 Å². The molecule has 0 aromatic heterocycles. The van der Waals surface area contributed by atoms with Gasteiger partial charge in [-0.25, -0.2) is 8.78 Å². The monoisotopic (exact) mass is 537 g/mol. The zero-order valence-corrected chi connectivity index (χ0v) is 21.4. The second-order valence-electron chi connectivity index (χ2n) is 9.09. The van der Waals surface area contributed by atoms with E-state index in [1.807, 2.05) is 26.0 Å². The molecule has 1 amide bonds. The predicted octanol–water partition coefficient (Wildman–Crippen LogP) is 7.84. The number of amides is 1. The Kier molecular flexibility index (Phi) is 11.6. The van der Waals surface area contributed by atoms with Gasteiger partial charge in [0.25, 0.3) is 5.91 Å². The topological polar surface area (TPSA) is 61.6 Å². The van der Waals surface area contributed by atoms with Crippen LogP contribution in [0.15, 0.2) is 72.4 Å². The molecule has 0 aliphatic heterocycles. The van der Waals surface area contributed by atoms with Crippen molar-refractivity contribution in [2.45, 2.75) is 52.3 Å². The van der Waals surface area contributed by atoms with Crippen LogP contribution in [0, 0.1) is 17.6 Å². The first-order chi connectivity index (χ1) is 17.9. The molecule has 38 heavy (non-hydrogen) atoms. The third kappa shape index (κ3) is 10.4. The number of rotatable bonds is 14. The first-order valence-corrected chi connectivity index (χ1v) is 12.1. The minimum Gasteiger partial charge on any atom is -0.494 e. The number of unbranched alkanes of at least 4 members (excludes halogenated alkanes) is 1. The van der Waals surface area contributed by atoms with E-state index in [9.17, 15) is 26.7 Å². The number of halogens is 5. The molecule has 0 spiro atoms. The number of primary amides is 1. The molecule has 0 saturated carbocycles. The van der Waals surface area contributed by atoms with Crippen LogP contribution in [0.4, 0.5) is 22.0 Å². The first-order valence-electron chi connectivity index (χ1n) is 12.1. The van der Waals surface area contributed by atoms with Crippen molar-refractivity contribution >= 4 is 5.91 Å². The van der Waals surface area contributed by atoms with Crippen LogP contribution in [0.3, 0.4) is 0 Å². The third-order valence-electron chi connectivity index (χ3n) is 5.68. The number of carbonyl (C=O) groups excluding carboxylic acids is 1. The maximum Gasteiger partial charge on any atom is 0.573 e. The average Bonchev–Trinajstić information content (AvgIpc) is 2.82. The second kappa shape index (κ2) is 14.4. The number of carbonyl (C=O) groups is 1. The second-order valence-corrected chi connectivity index (χ2v) is 9.09. The van der Waals surface area contributed by atoms with Crippen molar-refractivity contribution in [1.82, 2.24) is 0 Å². The van der Waals surface area contributed by atoms with Crippen LogP contribution in [-0.4, -0.2) is 18.9 Å². The fourth-order valence-electron chi connectivity index (χ4n) is 3.86. The van der Waals surface area contributed by atoms with Crippen molar-refractivity contribution in [2.24, 2.45) is 11.7 Å². The fourth-order valence-corrected chi connectivity index (χ4v) is 3.86. The molecule has 1 atom stereocenters. The Morgan fingerprint density at radius 1 is 1.03 bits per heavy atom. The molecular weight excluding hydrogens is 505 g/mol. The van der Waals surface area contributed by atoms with Crippen LogP contribution >= 0.6 is 0 Å². The summed E-state index contributed by atoms with van der Waals surface area (Å²) in [4.78, 5) is 11.5. The third-order valence-corrected chi connectivity index (χ3v) is 5.68. The molecule has 0 fully saturated rings. The highest BCUT2D eigenvalue weighted by atomic mass is 19.4. The highest BCUT2D eigenvalue weighted by molar-refractivity contribution is 5.93. The van der Waals surface area contributed by atoms with Crippen molar-refractivity contribution in [3.63, 3.8) is 0 Å². The molecular formula is C29H32F5NO3. The minimum atomic E-state index is -4.76. The standard InChI is InChI=1S/C29H32F5NO3/c1-4-20(9-8-19(2)3)17-21(18-22-10-15-25(30)26(27(22)31)28(35)36)7-5-6-16-37-23-11-13-24(14-12-23)38-29(32,33)34/h4,8-15,21H,1,5-7,16-18H2,2-3H3,(H2,35,36). The molecule has 2 rings (SSSR count). The number of hydrogen-bond acceptors (Lipinski definition) is 3. The maximum absolute atomic E-state index is 14.9. The van der Waals surface area contributed by atoms with Crippen LogP contribution in [0.2, 0.25) is 0 Å². The lowest BCUT2D eigenvalue weighted by Gasteiger charge is -2.19. The van der Waals surface area contributed by atoms with Crippen molar-refractivity contribution in [3.8, 4) is 11.5 Å². The van der Waals surface area contributed by atoms with E-state index in [2.05, 4.69) is 11.3 Å². The van der Waals surface area contributed by atoms with Crippen LogP contribution in [-0.2, 0) is 6.42 Å². The van der Waals surface area contributed by atoms with E-state index >= 15 is 0 Å². The summed E-state index contributed by atoms with van der Waals surface area (Å²) in [6.45, 7) is 8.11. The van der Waals surface area contributed by atoms with Crippen LogP contribution in [0.25, 0.3) is 0 Å². The highest BCUT2D eigenvalue weighted by Gasteiger charge is 2.31. The van der Waals surface area contributed by atoms with Gasteiger partial charge < -0.3 is 15.2 Å². The summed E-state index contributed by atoms with van der Waals surface area (Å²) < 4.78 is 75.1. The number of allylic oxidation sites excluding steroid dienone is 5. The van der Waals surface area contributed by atoms with Gasteiger partial charge in [-0.3, -0.25) is 4.79 Å². The highest BCUT2D eigenvalue weighted by Crippen LogP contribution is 2.28. The van der Waals surface area contributed by atoms with Gasteiger partial charge >= 0.3 is 6.36 Å². The van der Waals surface area contributed by atoms with Gasteiger partial charge in [-0.05, 0) is 93.3 Å². The zero-order valence-electron chi connectivity index (χ0n) is 21.4.